The molecule has 0 aliphatic carbocycles. The summed E-state index contributed by atoms with van der Waals surface area (Å²) in [5.74, 6) is -1.37. The summed E-state index contributed by atoms with van der Waals surface area (Å²) >= 11 is 11.4. The third-order valence-electron chi connectivity index (χ3n) is 2.67. The van der Waals surface area contributed by atoms with Crippen LogP contribution in [0.1, 0.15) is 5.56 Å². The summed E-state index contributed by atoms with van der Waals surface area (Å²) in [6.07, 6.45) is -4.64. The minimum atomic E-state index is -4.64. The molecule has 5 nitrogen and oxygen atoms in total. The molecule has 0 aromatic heterocycles. The molecule has 0 saturated carbocycles. The zero-order valence-corrected chi connectivity index (χ0v) is 16.5. The Balaban J connectivity index is 0.00000288. The van der Waals surface area contributed by atoms with Gasteiger partial charge >= 0.3 is 57.6 Å². The first kappa shape index (κ1) is 21.5. The molecule has 0 saturated heterocycles. The predicted molar refractivity (Wildman–Crippen MR) is 74.1 cm³/mol. The third kappa shape index (κ3) is 4.98. The molecule has 122 valence electrons. The fourth-order valence-corrected chi connectivity index (χ4v) is 2.21. The number of rotatable bonds is 3. The number of hydrogen-bond donors (Lipinski definition) is 0. The molecule has 0 atom stereocenters. The van der Waals surface area contributed by atoms with Crippen LogP contribution in [-0.2, 0) is 6.18 Å². The molecular weight excluding hydrogens is 401 g/mol. The average molecular weight is 406 g/mol. The molecule has 0 unspecified atom stereocenters. The van der Waals surface area contributed by atoms with E-state index in [0.717, 1.165) is 18.2 Å². The van der Waals surface area contributed by atoms with Gasteiger partial charge in [0.15, 0.2) is 5.75 Å². The Hall–Kier alpha value is -0.554. The van der Waals surface area contributed by atoms with Crippen LogP contribution in [0.5, 0.6) is 17.2 Å². The summed E-state index contributed by atoms with van der Waals surface area (Å²) in [6, 6.07) is 4.05. The van der Waals surface area contributed by atoms with E-state index in [-0.39, 0.29) is 62.9 Å². The summed E-state index contributed by atoms with van der Waals surface area (Å²) in [4.78, 5) is 9.68. The van der Waals surface area contributed by atoms with Crippen molar-refractivity contribution in [1.82, 2.24) is 0 Å². The predicted octanol–water partition coefficient (Wildman–Crippen LogP) is 1.79. The summed E-state index contributed by atoms with van der Waals surface area (Å²) in [5, 5.41) is 21.2. The molecule has 0 heterocycles. The summed E-state index contributed by atoms with van der Waals surface area (Å²) in [6.45, 7) is 0. The van der Waals surface area contributed by atoms with Gasteiger partial charge in [0.1, 0.15) is 5.75 Å². The molecule has 0 fully saturated rings. The molecule has 2 aromatic carbocycles. The number of benzene rings is 2. The molecule has 11 heteroatoms. The molecule has 0 amide bonds. The van der Waals surface area contributed by atoms with Gasteiger partial charge in [0.25, 0.3) is 5.69 Å². The molecule has 0 radical (unpaired) electrons. The molecule has 0 bridgehead atoms. The van der Waals surface area contributed by atoms with Crippen molar-refractivity contribution < 1.29 is 79.3 Å². The van der Waals surface area contributed by atoms with E-state index >= 15 is 0 Å². The Bertz CT molecular complexity index is 763. The van der Waals surface area contributed by atoms with Crippen molar-refractivity contribution in [2.24, 2.45) is 0 Å². The minimum Gasteiger partial charge on any atom is -0.868 e. The van der Waals surface area contributed by atoms with Gasteiger partial charge in [0, 0.05) is 6.07 Å². The Morgan fingerprint density at radius 3 is 2.04 bits per heavy atom. The number of nitro benzene ring substituents is 1. The van der Waals surface area contributed by atoms with Crippen molar-refractivity contribution in [2.75, 3.05) is 0 Å². The van der Waals surface area contributed by atoms with Crippen molar-refractivity contribution in [2.45, 2.75) is 6.18 Å². The van der Waals surface area contributed by atoms with Gasteiger partial charge in [-0.2, -0.15) is 13.2 Å². The zero-order chi connectivity index (χ0) is 17.4. The van der Waals surface area contributed by atoms with E-state index in [1.165, 1.54) is 0 Å². The monoisotopic (exact) mass is 405 g/mol. The summed E-state index contributed by atoms with van der Waals surface area (Å²) < 4.78 is 43.0. The van der Waals surface area contributed by atoms with E-state index in [1.807, 2.05) is 0 Å². The van der Waals surface area contributed by atoms with E-state index in [0.29, 0.717) is 12.1 Å². The van der Waals surface area contributed by atoms with Crippen LogP contribution >= 0.6 is 23.2 Å². The molecule has 0 N–H and O–H groups in total. The second-order valence-corrected chi connectivity index (χ2v) is 5.07. The molecule has 2 rings (SSSR count). The maximum Gasteiger partial charge on any atom is 1.00 e. The van der Waals surface area contributed by atoms with Gasteiger partial charge in [-0.15, -0.1) is 0 Å². The van der Waals surface area contributed by atoms with Gasteiger partial charge in [-0.3, -0.25) is 10.1 Å². The van der Waals surface area contributed by atoms with Crippen LogP contribution in [0.25, 0.3) is 0 Å². The van der Waals surface area contributed by atoms with Crippen LogP contribution in [0.4, 0.5) is 18.9 Å². The minimum absolute atomic E-state index is 0. The van der Waals surface area contributed by atoms with Crippen LogP contribution in [0.2, 0.25) is 10.0 Å². The van der Waals surface area contributed by atoms with Gasteiger partial charge in [-0.1, -0.05) is 23.2 Å². The van der Waals surface area contributed by atoms with E-state index in [4.69, 9.17) is 27.9 Å². The average Bonchev–Trinajstić information content (AvgIpc) is 2.41. The number of nitro groups is 1. The fraction of sp³-hybridized carbons (Fsp3) is 0.0769. The van der Waals surface area contributed by atoms with Gasteiger partial charge in [0.05, 0.1) is 20.5 Å². The van der Waals surface area contributed by atoms with Crippen LogP contribution in [-0.4, -0.2) is 4.92 Å². The maximum atomic E-state index is 12.6. The van der Waals surface area contributed by atoms with Crippen molar-refractivity contribution in [3.05, 3.63) is 56.1 Å². The Morgan fingerprint density at radius 2 is 1.62 bits per heavy atom. The second kappa shape index (κ2) is 8.22. The second-order valence-electron chi connectivity index (χ2n) is 4.26. The zero-order valence-electron chi connectivity index (χ0n) is 11.9. The first-order valence-electron chi connectivity index (χ1n) is 5.79. The first-order valence-corrected chi connectivity index (χ1v) is 6.54. The number of halogens is 5. The van der Waals surface area contributed by atoms with Crippen molar-refractivity contribution >= 4 is 28.9 Å². The van der Waals surface area contributed by atoms with Crippen LogP contribution in [0.3, 0.4) is 0 Å². The molecule has 0 aliphatic heterocycles. The van der Waals surface area contributed by atoms with Gasteiger partial charge in [-0.25, -0.2) is 0 Å². The Kier molecular flexibility index (Phi) is 7.36. The molecule has 0 aliphatic rings. The van der Waals surface area contributed by atoms with E-state index in [1.54, 1.807) is 0 Å². The van der Waals surface area contributed by atoms with Crippen molar-refractivity contribution in [3.8, 4) is 17.2 Å². The van der Waals surface area contributed by atoms with Gasteiger partial charge < -0.3 is 9.84 Å². The standard InChI is InChI=1S/C13H6Cl2F3NO4.K/c14-8-3-6(13(16,17)18)4-9(15)12(8)23-7-1-2-10(19(21)22)11(20)5-7;/h1-5,20H;/q;+1/p-1. The number of alkyl halides is 3. The Morgan fingerprint density at radius 1 is 1.08 bits per heavy atom. The number of nitrogens with zero attached hydrogens (tertiary/aromatic N) is 1. The third-order valence-corrected chi connectivity index (χ3v) is 3.23. The quantitative estimate of drug-likeness (QED) is 0.443. The van der Waals surface area contributed by atoms with Crippen LogP contribution in [0, 0.1) is 10.1 Å². The smallest absolute Gasteiger partial charge is 0.868 e. The maximum absolute atomic E-state index is 12.6. The van der Waals surface area contributed by atoms with Crippen LogP contribution in [0.15, 0.2) is 30.3 Å². The van der Waals surface area contributed by atoms with E-state index in [2.05, 4.69) is 0 Å². The molecule has 2 aromatic rings. The first-order chi connectivity index (χ1) is 10.6. The van der Waals surface area contributed by atoms with Gasteiger partial charge in [0.2, 0.25) is 0 Å². The SMILES string of the molecule is O=[N+]([O-])c1ccc(Oc2c(Cl)cc(C(F)(F)F)cc2Cl)cc1[O-].[K+]. The summed E-state index contributed by atoms with van der Waals surface area (Å²) in [5.41, 5.74) is -1.73. The van der Waals surface area contributed by atoms with E-state index < -0.39 is 38.1 Å². The normalized spacial score (nSPS) is 10.9. The number of ether oxygens (including phenoxy) is 1. The fourth-order valence-electron chi connectivity index (χ4n) is 1.65. The molecule has 0 spiro atoms. The topological polar surface area (TPSA) is 75.4 Å². The summed E-state index contributed by atoms with van der Waals surface area (Å²) in [7, 11) is 0. The van der Waals surface area contributed by atoms with Crippen molar-refractivity contribution in [3.63, 3.8) is 0 Å². The van der Waals surface area contributed by atoms with Gasteiger partial charge in [-0.05, 0) is 30.0 Å². The molecular formula is C13H5Cl2F3KNO4. The Labute approximate surface area is 185 Å². The van der Waals surface area contributed by atoms with Crippen molar-refractivity contribution in [1.29, 1.82) is 0 Å². The van der Waals surface area contributed by atoms with E-state index in [9.17, 15) is 28.4 Å². The molecule has 24 heavy (non-hydrogen) atoms. The van der Waals surface area contributed by atoms with Crippen LogP contribution < -0.4 is 61.2 Å². The largest absolute Gasteiger partial charge is 1.00 e. The number of hydrogen-bond acceptors (Lipinski definition) is 4.